The molecule has 0 fully saturated rings. The zero-order valence-electron chi connectivity index (χ0n) is 13.9. The second kappa shape index (κ2) is 30.3. The summed E-state index contributed by atoms with van der Waals surface area (Å²) < 4.78 is 0. The Morgan fingerprint density at radius 2 is 1.24 bits per heavy atom. The van der Waals surface area contributed by atoms with Crippen molar-refractivity contribution >= 4 is 24.1 Å². The van der Waals surface area contributed by atoms with Crippen LogP contribution in [0.1, 0.15) is 24.5 Å². The van der Waals surface area contributed by atoms with Crippen molar-refractivity contribution in [2.45, 2.75) is 20.3 Å². The van der Waals surface area contributed by atoms with Crippen LogP contribution in [0.5, 0.6) is 0 Å². The van der Waals surface area contributed by atoms with Crippen LogP contribution in [0.25, 0.3) is 0 Å². The predicted octanol–water partition coefficient (Wildman–Crippen LogP) is -8.36. The summed E-state index contributed by atoms with van der Waals surface area (Å²) in [4.78, 5) is 27.5. The van der Waals surface area contributed by atoms with Crippen LogP contribution >= 0.6 is 0 Å². The van der Waals surface area contributed by atoms with Crippen LogP contribution in [-0.2, 0) is 14.4 Å². The summed E-state index contributed by atoms with van der Waals surface area (Å²) in [6.07, 6.45) is 0.556. The van der Waals surface area contributed by atoms with Crippen molar-refractivity contribution in [1.82, 2.24) is 0 Å². The summed E-state index contributed by atoms with van der Waals surface area (Å²) in [5.74, 6) is -2.78. The van der Waals surface area contributed by atoms with Crippen LogP contribution in [0, 0.1) is 5.41 Å². The van der Waals surface area contributed by atoms with Gasteiger partial charge < -0.3 is 25.0 Å². The molecule has 88 valence electrons. The van der Waals surface area contributed by atoms with Crippen molar-refractivity contribution in [1.29, 1.82) is 5.41 Å². The van der Waals surface area contributed by atoms with E-state index in [1.807, 2.05) is 0 Å². The van der Waals surface area contributed by atoms with E-state index in [-0.39, 0.29) is 99.4 Å². The van der Waals surface area contributed by atoms with E-state index in [4.69, 9.17) is 30.3 Å². The summed E-state index contributed by atoms with van der Waals surface area (Å²) in [5, 5.41) is 28.6. The maximum atomic E-state index is 9.37. The maximum Gasteiger partial charge on any atom is 1.00 e. The molecule has 7 nitrogen and oxygen atoms in total. The molecule has 0 saturated carbocycles. The molecule has 0 aliphatic rings. The third-order valence-electron chi connectivity index (χ3n) is 0.426. The fraction of sp³-hybridized carbons (Fsp3) is 0.429. The number of hydrogen-bond acceptors (Lipinski definition) is 4. The molecule has 0 aromatic heterocycles. The summed E-state index contributed by atoms with van der Waals surface area (Å²) in [7, 11) is 0. The third kappa shape index (κ3) is 151. The summed E-state index contributed by atoms with van der Waals surface area (Å²) in [6, 6.07) is 0. The van der Waals surface area contributed by atoms with Gasteiger partial charge in [-0.3, -0.25) is 9.59 Å². The molecule has 4 N–H and O–H groups in total. The number of hydrogen-bond donors (Lipinski definition) is 4. The van der Waals surface area contributed by atoms with Crippen molar-refractivity contribution in [2.75, 3.05) is 0 Å². The smallest absolute Gasteiger partial charge is 1.00 e. The molecule has 0 heterocycles. The molecule has 0 aliphatic carbocycles. The number of carbonyl (C=O) groups is 3. The van der Waals surface area contributed by atoms with Gasteiger partial charge in [0.25, 0.3) is 5.97 Å². The molecule has 0 amide bonds. The molecular weight excluding hydrogens is 263 g/mol. The third-order valence-corrected chi connectivity index (χ3v) is 0.426. The number of carboxylic acid groups (broad SMARTS) is 3. The molecule has 0 aromatic rings. The van der Waals surface area contributed by atoms with E-state index in [1.54, 1.807) is 6.92 Å². The van der Waals surface area contributed by atoms with Crippen LogP contribution in [0.4, 0.5) is 0 Å². The normalized spacial score (nSPS) is 5.53. The van der Waals surface area contributed by atoms with E-state index in [0.29, 0.717) is 6.21 Å². The quantitative estimate of drug-likeness (QED) is 0.293. The van der Waals surface area contributed by atoms with E-state index in [0.717, 1.165) is 6.92 Å². The SMILES string of the molecule is CC(=O)O.CCC(=O)O.N=CC(=O)O.[H-].[H-].[H-].[Na+].[Na+].[Na+]. The van der Waals surface area contributed by atoms with Gasteiger partial charge in [-0.15, -0.1) is 0 Å². The van der Waals surface area contributed by atoms with Crippen LogP contribution in [0.3, 0.4) is 0 Å². The second-order valence-corrected chi connectivity index (χ2v) is 1.75. The minimum atomic E-state index is -1.20. The van der Waals surface area contributed by atoms with E-state index in [9.17, 15) is 4.79 Å². The minimum Gasteiger partial charge on any atom is -1.00 e. The largest absolute Gasteiger partial charge is 1.00 e. The minimum absolute atomic E-state index is 0. The monoisotopic (exact) mass is 279 g/mol. The summed E-state index contributed by atoms with van der Waals surface area (Å²) in [6.45, 7) is 2.68. The summed E-state index contributed by atoms with van der Waals surface area (Å²) >= 11 is 0. The van der Waals surface area contributed by atoms with Gasteiger partial charge in [0.15, 0.2) is 0 Å². The predicted molar refractivity (Wildman–Crippen MR) is 51.0 cm³/mol. The summed E-state index contributed by atoms with van der Waals surface area (Å²) in [5.41, 5.74) is 0. The van der Waals surface area contributed by atoms with Gasteiger partial charge in [0.1, 0.15) is 6.21 Å². The molecule has 10 heteroatoms. The first-order valence-electron chi connectivity index (χ1n) is 3.42. The first kappa shape index (κ1) is 36.1. The number of aliphatic carboxylic acids is 3. The van der Waals surface area contributed by atoms with Crippen molar-refractivity contribution < 1.29 is 123 Å². The van der Waals surface area contributed by atoms with Gasteiger partial charge >= 0.3 is 101 Å². The molecule has 0 bridgehead atoms. The second-order valence-electron chi connectivity index (χ2n) is 1.75. The zero-order valence-corrected chi connectivity index (χ0v) is 16.9. The van der Waals surface area contributed by atoms with E-state index in [2.05, 4.69) is 0 Å². The average molecular weight is 279 g/mol. The molecule has 0 rings (SSSR count). The molecule has 0 aliphatic heterocycles. The average Bonchev–Trinajstić information content (AvgIpc) is 2.04. The Bertz CT molecular complexity index is 220. The Morgan fingerprint density at radius 3 is 1.24 bits per heavy atom. The molecule has 17 heavy (non-hydrogen) atoms. The van der Waals surface area contributed by atoms with Gasteiger partial charge in [-0.2, -0.15) is 0 Å². The van der Waals surface area contributed by atoms with E-state index in [1.165, 1.54) is 0 Å². The van der Waals surface area contributed by atoms with Crippen LogP contribution in [-0.4, -0.2) is 39.4 Å². The van der Waals surface area contributed by atoms with Crippen molar-refractivity contribution in [3.05, 3.63) is 0 Å². The molecule has 0 aromatic carbocycles. The van der Waals surface area contributed by atoms with Crippen LogP contribution in [0.15, 0.2) is 0 Å². The van der Waals surface area contributed by atoms with Gasteiger partial charge in [0.05, 0.1) is 0 Å². The van der Waals surface area contributed by atoms with Crippen molar-refractivity contribution in [3.63, 3.8) is 0 Å². The molecule has 0 spiro atoms. The van der Waals surface area contributed by atoms with Crippen molar-refractivity contribution in [3.8, 4) is 0 Å². The Labute approximate surface area is 170 Å². The van der Waals surface area contributed by atoms with Gasteiger partial charge in [-0.05, 0) is 0 Å². The Balaban J connectivity index is -0.0000000113. The topological polar surface area (TPSA) is 136 Å². The fourth-order valence-electron chi connectivity index (χ4n) is 0. The van der Waals surface area contributed by atoms with Gasteiger partial charge in [-0.25, -0.2) is 4.79 Å². The van der Waals surface area contributed by atoms with Crippen LogP contribution in [0.2, 0.25) is 0 Å². The maximum absolute atomic E-state index is 9.37. The van der Waals surface area contributed by atoms with Gasteiger partial charge in [0, 0.05) is 13.3 Å². The Kier molecular flexibility index (Phi) is 64.3. The molecule has 0 saturated heterocycles. The van der Waals surface area contributed by atoms with Crippen LogP contribution < -0.4 is 88.7 Å². The zero-order chi connectivity index (χ0) is 12.1. The van der Waals surface area contributed by atoms with E-state index >= 15 is 0 Å². The molecular formula is C7H16NNa3O6. The van der Waals surface area contributed by atoms with Gasteiger partial charge in [0.2, 0.25) is 0 Å². The van der Waals surface area contributed by atoms with E-state index < -0.39 is 17.9 Å². The van der Waals surface area contributed by atoms with Crippen molar-refractivity contribution in [2.24, 2.45) is 0 Å². The molecule has 0 radical (unpaired) electrons. The first-order valence-corrected chi connectivity index (χ1v) is 3.42. The Hall–Kier alpha value is 1.08. The fourth-order valence-corrected chi connectivity index (χ4v) is 0. The standard InChI is InChI=1S/C3H6O2.C2H3NO2.C2H4O2.3Na.3H/c1-2-3(4)5;3-1-2(4)5;1-2(3)4;;;;;;/h2H2,1H3,(H,4,5);1,3H,(H,4,5);1H3,(H,3,4);;;;;;/q;;;3*+1;3*-1. The molecule has 0 unspecified atom stereocenters. The molecule has 0 atom stereocenters. The number of carboxylic acids is 3. The Morgan fingerprint density at radius 1 is 1.12 bits per heavy atom. The number of nitrogens with one attached hydrogen (secondary N) is 1. The first-order chi connectivity index (χ1) is 6.27. The van der Waals surface area contributed by atoms with Gasteiger partial charge in [-0.1, -0.05) is 6.92 Å². The number of rotatable bonds is 2.